The highest BCUT2D eigenvalue weighted by atomic mass is 16.5. The molecular formula is C22H20N2O6. The van der Waals surface area contributed by atoms with E-state index in [-0.39, 0.29) is 11.3 Å². The average Bonchev–Trinajstić information content (AvgIpc) is 3.22. The maximum Gasteiger partial charge on any atom is 0.338 e. The molecule has 2 N–H and O–H groups in total. The molecule has 3 rings (SSSR count). The molecule has 0 aliphatic heterocycles. The van der Waals surface area contributed by atoms with Crippen molar-refractivity contribution in [2.45, 2.75) is 6.92 Å². The third kappa shape index (κ3) is 4.85. The Hall–Kier alpha value is -4.07. The van der Waals surface area contributed by atoms with Gasteiger partial charge in [0.1, 0.15) is 23.0 Å². The van der Waals surface area contributed by atoms with Gasteiger partial charge in [-0.05, 0) is 43.3 Å². The number of furan rings is 1. The van der Waals surface area contributed by atoms with E-state index in [2.05, 4.69) is 10.5 Å². The molecule has 3 aromatic rings. The summed E-state index contributed by atoms with van der Waals surface area (Å²) in [6.45, 7) is 2.04. The normalized spacial score (nSPS) is 10.7. The van der Waals surface area contributed by atoms with Gasteiger partial charge in [0.05, 0.1) is 31.1 Å². The molecule has 8 heteroatoms. The summed E-state index contributed by atoms with van der Waals surface area (Å²) in [6, 6.07) is 14.6. The topological polar surface area (TPSA) is 110 Å². The fourth-order valence-electron chi connectivity index (χ4n) is 2.64. The van der Waals surface area contributed by atoms with Crippen molar-refractivity contribution >= 4 is 18.1 Å². The average molecular weight is 408 g/mol. The number of hydrogen-bond donors (Lipinski definition) is 2. The summed E-state index contributed by atoms with van der Waals surface area (Å²) in [6.07, 6.45) is 1.33. The molecule has 2 aromatic carbocycles. The van der Waals surface area contributed by atoms with Gasteiger partial charge >= 0.3 is 5.97 Å². The van der Waals surface area contributed by atoms with E-state index >= 15 is 0 Å². The SMILES string of the molecule is CCOC(=O)c1cccc(-c2ccc(/C=N\NC(=O)c3ccc(OC)cc3O)o2)c1. The molecule has 0 aliphatic rings. The first-order chi connectivity index (χ1) is 14.5. The number of phenolic OH excluding ortho intramolecular Hbond substituents is 1. The van der Waals surface area contributed by atoms with E-state index in [0.717, 1.165) is 0 Å². The van der Waals surface area contributed by atoms with Crippen LogP contribution in [-0.2, 0) is 4.74 Å². The molecule has 1 heterocycles. The van der Waals surface area contributed by atoms with Crippen molar-refractivity contribution in [2.75, 3.05) is 13.7 Å². The Labute approximate surface area is 172 Å². The molecule has 0 saturated heterocycles. The Kier molecular flexibility index (Phi) is 6.49. The molecular weight excluding hydrogens is 388 g/mol. The lowest BCUT2D eigenvalue weighted by molar-refractivity contribution is 0.0526. The van der Waals surface area contributed by atoms with Crippen LogP contribution < -0.4 is 10.2 Å². The second-order valence-corrected chi connectivity index (χ2v) is 6.09. The van der Waals surface area contributed by atoms with Crippen LogP contribution in [0.5, 0.6) is 11.5 Å². The summed E-state index contributed by atoms with van der Waals surface area (Å²) in [5, 5.41) is 13.7. The third-order valence-electron chi connectivity index (χ3n) is 4.09. The number of ether oxygens (including phenoxy) is 2. The van der Waals surface area contributed by atoms with Crippen LogP contribution in [0.3, 0.4) is 0 Å². The summed E-state index contributed by atoms with van der Waals surface area (Å²) >= 11 is 0. The van der Waals surface area contributed by atoms with E-state index < -0.39 is 11.9 Å². The second kappa shape index (κ2) is 9.42. The smallest absolute Gasteiger partial charge is 0.338 e. The van der Waals surface area contributed by atoms with Crippen LogP contribution in [0.1, 0.15) is 33.4 Å². The number of rotatable bonds is 7. The Balaban J connectivity index is 1.67. The fraction of sp³-hybridized carbons (Fsp3) is 0.136. The molecule has 154 valence electrons. The van der Waals surface area contributed by atoms with Gasteiger partial charge in [-0.3, -0.25) is 4.79 Å². The van der Waals surface area contributed by atoms with Crippen molar-refractivity contribution in [2.24, 2.45) is 5.10 Å². The quantitative estimate of drug-likeness (QED) is 0.351. The van der Waals surface area contributed by atoms with Crippen LogP contribution in [-0.4, -0.2) is 36.9 Å². The Morgan fingerprint density at radius 3 is 2.73 bits per heavy atom. The van der Waals surface area contributed by atoms with Crippen molar-refractivity contribution < 1.29 is 28.6 Å². The number of phenols is 1. The molecule has 0 bridgehead atoms. The van der Waals surface area contributed by atoms with Gasteiger partial charge in [0, 0.05) is 11.6 Å². The number of aromatic hydroxyl groups is 1. The van der Waals surface area contributed by atoms with E-state index in [1.54, 1.807) is 49.4 Å². The number of methoxy groups -OCH3 is 1. The van der Waals surface area contributed by atoms with Crippen LogP contribution in [0.2, 0.25) is 0 Å². The number of nitrogens with zero attached hydrogens (tertiary/aromatic N) is 1. The van der Waals surface area contributed by atoms with Gasteiger partial charge in [-0.15, -0.1) is 0 Å². The molecule has 1 aromatic heterocycles. The molecule has 8 nitrogen and oxygen atoms in total. The van der Waals surface area contributed by atoms with E-state index in [4.69, 9.17) is 13.9 Å². The Bertz CT molecular complexity index is 1090. The monoisotopic (exact) mass is 408 g/mol. The van der Waals surface area contributed by atoms with Gasteiger partial charge < -0.3 is 19.0 Å². The fourth-order valence-corrected chi connectivity index (χ4v) is 2.64. The number of nitrogens with one attached hydrogen (secondary N) is 1. The predicted octanol–water partition coefficient (Wildman–Crippen LogP) is 3.60. The molecule has 0 atom stereocenters. The van der Waals surface area contributed by atoms with Crippen LogP contribution in [0.25, 0.3) is 11.3 Å². The highest BCUT2D eigenvalue weighted by Gasteiger charge is 2.12. The number of carbonyl (C=O) groups is 2. The standard InChI is InChI=1S/C22H20N2O6/c1-3-29-22(27)15-6-4-5-14(11-15)20-10-8-17(30-20)13-23-24-21(26)18-9-7-16(28-2)12-19(18)25/h4-13,25H,3H2,1-2H3,(H,24,26)/b23-13-. The summed E-state index contributed by atoms with van der Waals surface area (Å²) in [7, 11) is 1.46. The van der Waals surface area contributed by atoms with Crippen LogP contribution >= 0.6 is 0 Å². The minimum atomic E-state index is -0.583. The van der Waals surface area contributed by atoms with Crippen LogP contribution in [0.15, 0.2) is 64.1 Å². The molecule has 0 unspecified atom stereocenters. The van der Waals surface area contributed by atoms with Gasteiger partial charge in [-0.25, -0.2) is 10.2 Å². The zero-order chi connectivity index (χ0) is 21.5. The van der Waals surface area contributed by atoms with Gasteiger partial charge in [-0.2, -0.15) is 5.10 Å². The maximum atomic E-state index is 12.1. The molecule has 0 radical (unpaired) electrons. The number of hydrazone groups is 1. The molecule has 0 fully saturated rings. The van der Waals surface area contributed by atoms with Gasteiger partial charge in [0.25, 0.3) is 5.91 Å². The molecule has 0 aliphatic carbocycles. The highest BCUT2D eigenvalue weighted by Crippen LogP contribution is 2.24. The number of amides is 1. The van der Waals surface area contributed by atoms with Crippen LogP contribution in [0, 0.1) is 0 Å². The zero-order valence-corrected chi connectivity index (χ0v) is 16.4. The summed E-state index contributed by atoms with van der Waals surface area (Å²) in [5.74, 6) is 0.150. The lowest BCUT2D eigenvalue weighted by atomic mass is 10.1. The van der Waals surface area contributed by atoms with Crippen molar-refractivity contribution in [3.8, 4) is 22.8 Å². The van der Waals surface area contributed by atoms with Crippen molar-refractivity contribution in [1.29, 1.82) is 0 Å². The highest BCUT2D eigenvalue weighted by molar-refractivity contribution is 5.97. The number of esters is 1. The van der Waals surface area contributed by atoms with Gasteiger partial charge in [0.2, 0.25) is 0 Å². The first-order valence-corrected chi connectivity index (χ1v) is 9.09. The zero-order valence-electron chi connectivity index (χ0n) is 16.4. The maximum absolute atomic E-state index is 12.1. The van der Waals surface area contributed by atoms with E-state index in [9.17, 15) is 14.7 Å². The lowest BCUT2D eigenvalue weighted by Gasteiger charge is -2.05. The van der Waals surface area contributed by atoms with E-state index in [0.29, 0.717) is 35.0 Å². The first kappa shape index (κ1) is 20.7. The lowest BCUT2D eigenvalue weighted by Crippen LogP contribution is -2.17. The van der Waals surface area contributed by atoms with E-state index in [1.165, 1.54) is 25.5 Å². The largest absolute Gasteiger partial charge is 0.507 e. The number of hydrogen-bond acceptors (Lipinski definition) is 7. The summed E-state index contributed by atoms with van der Waals surface area (Å²) in [4.78, 5) is 24.0. The third-order valence-corrected chi connectivity index (χ3v) is 4.09. The Morgan fingerprint density at radius 2 is 2.00 bits per heavy atom. The minimum absolute atomic E-state index is 0.0591. The van der Waals surface area contributed by atoms with Crippen LogP contribution in [0.4, 0.5) is 0 Å². The van der Waals surface area contributed by atoms with E-state index in [1.807, 2.05) is 0 Å². The first-order valence-electron chi connectivity index (χ1n) is 9.09. The number of benzene rings is 2. The Morgan fingerprint density at radius 1 is 1.17 bits per heavy atom. The van der Waals surface area contributed by atoms with Crippen molar-refractivity contribution in [1.82, 2.24) is 5.43 Å². The van der Waals surface area contributed by atoms with Gasteiger partial charge in [-0.1, -0.05) is 12.1 Å². The molecule has 30 heavy (non-hydrogen) atoms. The molecule has 0 saturated carbocycles. The molecule has 0 spiro atoms. The minimum Gasteiger partial charge on any atom is -0.507 e. The molecule has 1 amide bonds. The summed E-state index contributed by atoms with van der Waals surface area (Å²) < 4.78 is 15.7. The number of carbonyl (C=O) groups excluding carboxylic acids is 2. The van der Waals surface area contributed by atoms with Crippen molar-refractivity contribution in [3.63, 3.8) is 0 Å². The second-order valence-electron chi connectivity index (χ2n) is 6.09. The van der Waals surface area contributed by atoms with Gasteiger partial charge in [0.15, 0.2) is 0 Å². The summed E-state index contributed by atoms with van der Waals surface area (Å²) in [5.41, 5.74) is 3.51. The van der Waals surface area contributed by atoms with Crippen molar-refractivity contribution in [3.05, 3.63) is 71.5 Å². The predicted molar refractivity (Wildman–Crippen MR) is 110 cm³/mol.